The Morgan fingerprint density at radius 1 is 1.13 bits per heavy atom. The number of nitrogens with two attached hydrogens (primary N) is 1. The van der Waals surface area contributed by atoms with Crippen LogP contribution in [0.5, 0.6) is 0 Å². The van der Waals surface area contributed by atoms with Gasteiger partial charge in [-0.3, -0.25) is 4.79 Å². The molecule has 2 aliphatic rings. The predicted molar refractivity (Wildman–Crippen MR) is 138 cm³/mol. The molecular formula is C29H29F3N4O2. The SMILES string of the molecule is C[C@@H](NC(=O)c1cc(C2=CCOCC2)nc(C2CC2)n1)c1ccc(-c2cc(C(F)(F)F)ccc2CN)cc1. The zero-order chi connectivity index (χ0) is 26.9. The Bertz CT molecular complexity index is 1370. The third-order valence-electron chi connectivity index (χ3n) is 6.94. The second-order valence-corrected chi connectivity index (χ2v) is 9.72. The number of ether oxygens (including phenoxy) is 1. The van der Waals surface area contributed by atoms with E-state index < -0.39 is 11.7 Å². The van der Waals surface area contributed by atoms with Crippen LogP contribution in [0.3, 0.4) is 0 Å². The number of hydrogen-bond acceptors (Lipinski definition) is 5. The van der Waals surface area contributed by atoms with Gasteiger partial charge in [0.25, 0.3) is 5.91 Å². The molecule has 2 heterocycles. The van der Waals surface area contributed by atoms with Crippen LogP contribution in [-0.4, -0.2) is 29.1 Å². The Kier molecular flexibility index (Phi) is 7.32. The molecule has 1 aromatic heterocycles. The smallest absolute Gasteiger partial charge is 0.377 e. The van der Waals surface area contributed by atoms with Gasteiger partial charge in [-0.25, -0.2) is 9.97 Å². The van der Waals surface area contributed by atoms with Crippen molar-refractivity contribution in [3.05, 3.63) is 88.5 Å². The molecule has 6 nitrogen and oxygen atoms in total. The number of rotatable bonds is 7. The van der Waals surface area contributed by atoms with E-state index in [1.54, 1.807) is 30.3 Å². The van der Waals surface area contributed by atoms with Gasteiger partial charge < -0.3 is 15.8 Å². The summed E-state index contributed by atoms with van der Waals surface area (Å²) in [7, 11) is 0. The van der Waals surface area contributed by atoms with Crippen LogP contribution < -0.4 is 11.1 Å². The number of carbonyl (C=O) groups excluding carboxylic acids is 1. The number of alkyl halides is 3. The van der Waals surface area contributed by atoms with Crippen LogP contribution in [0.2, 0.25) is 0 Å². The summed E-state index contributed by atoms with van der Waals surface area (Å²) in [6, 6.07) is 12.1. The molecule has 1 saturated carbocycles. The molecule has 1 fully saturated rings. The molecule has 38 heavy (non-hydrogen) atoms. The van der Waals surface area contributed by atoms with Crippen LogP contribution in [0.4, 0.5) is 13.2 Å². The van der Waals surface area contributed by atoms with Crippen LogP contribution in [-0.2, 0) is 17.5 Å². The van der Waals surface area contributed by atoms with Gasteiger partial charge in [-0.05, 0) is 72.2 Å². The monoisotopic (exact) mass is 522 g/mol. The molecule has 1 aliphatic carbocycles. The van der Waals surface area contributed by atoms with E-state index in [0.717, 1.165) is 48.2 Å². The number of benzene rings is 2. The molecule has 0 saturated heterocycles. The largest absolute Gasteiger partial charge is 0.416 e. The maximum atomic E-state index is 13.3. The summed E-state index contributed by atoms with van der Waals surface area (Å²) in [4.78, 5) is 22.5. The van der Waals surface area contributed by atoms with Crippen molar-refractivity contribution in [2.45, 2.75) is 50.9 Å². The van der Waals surface area contributed by atoms with Gasteiger partial charge in [0.15, 0.2) is 0 Å². The number of amides is 1. The van der Waals surface area contributed by atoms with Crippen molar-refractivity contribution in [2.75, 3.05) is 13.2 Å². The molecule has 0 unspecified atom stereocenters. The van der Waals surface area contributed by atoms with E-state index in [4.69, 9.17) is 15.5 Å². The van der Waals surface area contributed by atoms with E-state index in [1.807, 2.05) is 13.0 Å². The Morgan fingerprint density at radius 3 is 2.53 bits per heavy atom. The fourth-order valence-corrected chi connectivity index (χ4v) is 4.54. The number of nitrogens with zero attached hydrogens (tertiary/aromatic N) is 2. The van der Waals surface area contributed by atoms with Gasteiger partial charge in [-0.2, -0.15) is 13.2 Å². The van der Waals surface area contributed by atoms with Gasteiger partial charge in [-0.15, -0.1) is 0 Å². The van der Waals surface area contributed by atoms with Gasteiger partial charge in [-0.1, -0.05) is 36.4 Å². The Labute approximate surface area is 219 Å². The highest BCUT2D eigenvalue weighted by Crippen LogP contribution is 2.39. The number of halogens is 3. The van der Waals surface area contributed by atoms with Crippen molar-refractivity contribution < 1.29 is 22.7 Å². The van der Waals surface area contributed by atoms with Crippen molar-refractivity contribution in [1.29, 1.82) is 0 Å². The summed E-state index contributed by atoms with van der Waals surface area (Å²) >= 11 is 0. The minimum absolute atomic E-state index is 0.120. The Balaban J connectivity index is 1.35. The molecule has 0 spiro atoms. The molecule has 0 bridgehead atoms. The van der Waals surface area contributed by atoms with Gasteiger partial charge >= 0.3 is 6.18 Å². The van der Waals surface area contributed by atoms with Gasteiger partial charge in [0.1, 0.15) is 11.5 Å². The molecule has 1 atom stereocenters. The highest BCUT2D eigenvalue weighted by atomic mass is 19.4. The first-order chi connectivity index (χ1) is 18.2. The molecule has 198 valence electrons. The molecule has 2 aromatic carbocycles. The maximum Gasteiger partial charge on any atom is 0.416 e. The molecule has 0 radical (unpaired) electrons. The average molecular weight is 523 g/mol. The van der Waals surface area contributed by atoms with E-state index >= 15 is 0 Å². The zero-order valence-electron chi connectivity index (χ0n) is 21.0. The minimum atomic E-state index is -4.44. The highest BCUT2D eigenvalue weighted by molar-refractivity contribution is 5.93. The lowest BCUT2D eigenvalue weighted by molar-refractivity contribution is -0.137. The second kappa shape index (κ2) is 10.7. The lowest BCUT2D eigenvalue weighted by Crippen LogP contribution is -2.28. The van der Waals surface area contributed by atoms with E-state index in [2.05, 4.69) is 10.3 Å². The van der Waals surface area contributed by atoms with Crippen LogP contribution in [0.25, 0.3) is 16.7 Å². The quantitative estimate of drug-likeness (QED) is 0.410. The number of nitrogens with one attached hydrogen (secondary N) is 1. The van der Waals surface area contributed by atoms with Gasteiger partial charge in [0.05, 0.1) is 30.5 Å². The summed E-state index contributed by atoms with van der Waals surface area (Å²) in [5, 5.41) is 3.00. The van der Waals surface area contributed by atoms with E-state index in [9.17, 15) is 18.0 Å². The van der Waals surface area contributed by atoms with Crippen molar-refractivity contribution >= 4 is 11.5 Å². The summed E-state index contributed by atoms with van der Waals surface area (Å²) in [5.41, 5.74) is 9.70. The number of aromatic nitrogens is 2. The van der Waals surface area contributed by atoms with E-state index in [-0.39, 0.29) is 18.5 Å². The fraction of sp³-hybridized carbons (Fsp3) is 0.345. The second-order valence-electron chi connectivity index (χ2n) is 9.72. The molecular weight excluding hydrogens is 493 g/mol. The van der Waals surface area contributed by atoms with Crippen molar-refractivity contribution in [2.24, 2.45) is 5.73 Å². The third-order valence-corrected chi connectivity index (χ3v) is 6.94. The molecule has 9 heteroatoms. The fourth-order valence-electron chi connectivity index (χ4n) is 4.54. The van der Waals surface area contributed by atoms with Crippen molar-refractivity contribution in [1.82, 2.24) is 15.3 Å². The first-order valence-corrected chi connectivity index (χ1v) is 12.7. The molecule has 3 aromatic rings. The van der Waals surface area contributed by atoms with Crippen molar-refractivity contribution in [3.8, 4) is 11.1 Å². The van der Waals surface area contributed by atoms with Crippen LogP contribution in [0.1, 0.15) is 76.8 Å². The summed E-state index contributed by atoms with van der Waals surface area (Å²) in [6.07, 6.45) is 0.333. The highest BCUT2D eigenvalue weighted by Gasteiger charge is 2.31. The van der Waals surface area contributed by atoms with Crippen LogP contribution in [0.15, 0.2) is 54.6 Å². The standard InChI is InChI=1S/C29H29F3N4O2/c1-17(18-2-4-19(5-3-18)24-14-23(29(30,31)32)9-8-22(24)16-33)34-28(37)26-15-25(20-10-12-38-13-11-20)35-27(36-26)21-6-7-21/h2-5,8-10,14-15,17,21H,6-7,11-13,16,33H2,1H3,(H,34,37)/t17-/m1/s1. The van der Waals surface area contributed by atoms with E-state index in [0.29, 0.717) is 47.3 Å². The lowest BCUT2D eigenvalue weighted by atomic mass is 9.95. The predicted octanol–water partition coefficient (Wildman–Crippen LogP) is 5.79. The maximum absolute atomic E-state index is 13.3. The van der Waals surface area contributed by atoms with Crippen LogP contribution in [0, 0.1) is 0 Å². The normalized spacial score (nSPS) is 16.6. The number of carbonyl (C=O) groups is 1. The minimum Gasteiger partial charge on any atom is -0.377 e. The Morgan fingerprint density at radius 2 is 1.89 bits per heavy atom. The third kappa shape index (κ3) is 5.79. The first kappa shape index (κ1) is 26.1. The van der Waals surface area contributed by atoms with E-state index in [1.165, 1.54) is 6.07 Å². The zero-order valence-corrected chi connectivity index (χ0v) is 21.0. The van der Waals surface area contributed by atoms with Gasteiger partial charge in [0, 0.05) is 12.5 Å². The van der Waals surface area contributed by atoms with Crippen molar-refractivity contribution in [3.63, 3.8) is 0 Å². The lowest BCUT2D eigenvalue weighted by Gasteiger charge is -2.17. The topological polar surface area (TPSA) is 90.1 Å². The molecule has 3 N–H and O–H groups in total. The molecule has 1 aliphatic heterocycles. The summed E-state index contributed by atoms with van der Waals surface area (Å²) in [6.45, 7) is 3.12. The van der Waals surface area contributed by atoms with Crippen LogP contribution >= 0.6 is 0 Å². The molecule has 5 rings (SSSR count). The first-order valence-electron chi connectivity index (χ1n) is 12.7. The summed E-state index contributed by atoms with van der Waals surface area (Å²) in [5.74, 6) is 0.693. The summed E-state index contributed by atoms with van der Waals surface area (Å²) < 4.78 is 45.2. The molecule has 1 amide bonds. The average Bonchev–Trinajstić information content (AvgIpc) is 3.78. The number of hydrogen-bond donors (Lipinski definition) is 2. The Hall–Kier alpha value is -3.56. The van der Waals surface area contributed by atoms with Gasteiger partial charge in [0.2, 0.25) is 0 Å².